The summed E-state index contributed by atoms with van der Waals surface area (Å²) in [4.78, 5) is 30.2. The highest BCUT2D eigenvalue weighted by Gasteiger charge is 2.34. The van der Waals surface area contributed by atoms with Crippen LogP contribution < -0.4 is 10.6 Å². The summed E-state index contributed by atoms with van der Waals surface area (Å²) in [6.07, 6.45) is -3.41. The quantitative estimate of drug-likeness (QED) is 0.619. The molecule has 0 saturated heterocycles. The van der Waals surface area contributed by atoms with Gasteiger partial charge in [0.1, 0.15) is 6.26 Å². The highest BCUT2D eigenvalue weighted by atomic mass is 19.4. The standard InChI is InChI=1S/C21H27F3N4O3/c1-13(2)9-25-19(29)17-12-31-18(26-17)11-28(10-14(3)4)20(30)27-16-8-6-5-7-15(16)21(22,23)24/h5-8,12-14H,9-11H2,1-4H3,(H,25,29)(H,27,30). The van der Waals surface area contributed by atoms with Crippen LogP contribution in [-0.2, 0) is 12.7 Å². The Balaban J connectivity index is 2.14. The van der Waals surface area contributed by atoms with Crippen molar-refractivity contribution in [3.8, 4) is 0 Å². The van der Waals surface area contributed by atoms with Gasteiger partial charge in [0.15, 0.2) is 5.69 Å². The maximum absolute atomic E-state index is 13.2. The lowest BCUT2D eigenvalue weighted by molar-refractivity contribution is -0.136. The van der Waals surface area contributed by atoms with Crippen molar-refractivity contribution in [2.75, 3.05) is 18.4 Å². The number of aromatic nitrogens is 1. The van der Waals surface area contributed by atoms with Gasteiger partial charge in [-0.2, -0.15) is 13.2 Å². The minimum absolute atomic E-state index is 0.0346. The van der Waals surface area contributed by atoms with E-state index in [4.69, 9.17) is 4.42 Å². The van der Waals surface area contributed by atoms with Crippen LogP contribution in [0.1, 0.15) is 49.6 Å². The molecule has 3 amide bonds. The Morgan fingerprint density at radius 2 is 1.81 bits per heavy atom. The van der Waals surface area contributed by atoms with Gasteiger partial charge in [0, 0.05) is 13.1 Å². The van der Waals surface area contributed by atoms with E-state index < -0.39 is 23.7 Å². The van der Waals surface area contributed by atoms with Crippen LogP contribution in [0.15, 0.2) is 34.9 Å². The normalized spacial score (nSPS) is 11.6. The fraction of sp³-hybridized carbons (Fsp3) is 0.476. The molecule has 0 atom stereocenters. The summed E-state index contributed by atoms with van der Waals surface area (Å²) in [5.74, 6) is 0.00442. The topological polar surface area (TPSA) is 87.5 Å². The second kappa shape index (κ2) is 10.3. The number of rotatable bonds is 8. The third kappa shape index (κ3) is 7.30. The number of hydrogen-bond donors (Lipinski definition) is 2. The first kappa shape index (κ1) is 24.2. The first-order chi connectivity index (χ1) is 14.5. The summed E-state index contributed by atoms with van der Waals surface area (Å²) in [6.45, 7) is 8.25. The summed E-state index contributed by atoms with van der Waals surface area (Å²) < 4.78 is 45.0. The van der Waals surface area contributed by atoms with Gasteiger partial charge >= 0.3 is 12.2 Å². The molecule has 7 nitrogen and oxygen atoms in total. The molecule has 2 aromatic rings. The first-order valence-corrected chi connectivity index (χ1v) is 9.92. The van der Waals surface area contributed by atoms with Gasteiger partial charge in [-0.15, -0.1) is 0 Å². The number of carbonyl (C=O) groups excluding carboxylic acids is 2. The van der Waals surface area contributed by atoms with Gasteiger partial charge in [-0.05, 0) is 24.0 Å². The fourth-order valence-electron chi connectivity index (χ4n) is 2.73. The largest absolute Gasteiger partial charge is 0.446 e. The Morgan fingerprint density at radius 1 is 1.13 bits per heavy atom. The molecule has 170 valence electrons. The van der Waals surface area contributed by atoms with Crippen molar-refractivity contribution in [2.24, 2.45) is 11.8 Å². The number of amides is 3. The van der Waals surface area contributed by atoms with E-state index in [1.165, 1.54) is 29.4 Å². The van der Waals surface area contributed by atoms with Gasteiger partial charge in [0.05, 0.1) is 17.8 Å². The number of benzene rings is 1. The Bertz CT molecular complexity index is 894. The van der Waals surface area contributed by atoms with Crippen LogP contribution >= 0.6 is 0 Å². The molecule has 1 aromatic carbocycles. The van der Waals surface area contributed by atoms with E-state index in [9.17, 15) is 22.8 Å². The molecule has 0 spiro atoms. The predicted molar refractivity (Wildman–Crippen MR) is 109 cm³/mol. The van der Waals surface area contributed by atoms with Crippen LogP contribution in [0.3, 0.4) is 0 Å². The molecular formula is C21H27F3N4O3. The molecular weight excluding hydrogens is 413 g/mol. The summed E-state index contributed by atoms with van der Waals surface area (Å²) >= 11 is 0. The van der Waals surface area contributed by atoms with E-state index in [0.29, 0.717) is 6.54 Å². The van der Waals surface area contributed by atoms with E-state index in [0.717, 1.165) is 6.07 Å². The lowest BCUT2D eigenvalue weighted by Crippen LogP contribution is -2.37. The lowest BCUT2D eigenvalue weighted by atomic mass is 10.1. The van der Waals surface area contributed by atoms with Crippen molar-refractivity contribution in [2.45, 2.75) is 40.4 Å². The molecule has 2 rings (SSSR count). The van der Waals surface area contributed by atoms with Gasteiger partial charge in [0.25, 0.3) is 5.91 Å². The van der Waals surface area contributed by atoms with Crippen LogP contribution in [0.25, 0.3) is 0 Å². The van der Waals surface area contributed by atoms with E-state index in [-0.39, 0.29) is 42.2 Å². The third-order valence-corrected chi connectivity index (χ3v) is 4.13. The number of oxazole rings is 1. The van der Waals surface area contributed by atoms with Gasteiger partial charge in [0.2, 0.25) is 5.89 Å². The zero-order chi connectivity index (χ0) is 23.2. The molecule has 0 bridgehead atoms. The van der Waals surface area contributed by atoms with Crippen molar-refractivity contribution in [1.29, 1.82) is 0 Å². The molecule has 31 heavy (non-hydrogen) atoms. The lowest BCUT2D eigenvalue weighted by Gasteiger charge is -2.24. The third-order valence-electron chi connectivity index (χ3n) is 4.13. The Kier molecular flexibility index (Phi) is 8.07. The Hall–Kier alpha value is -3.04. The fourth-order valence-corrected chi connectivity index (χ4v) is 2.73. The van der Waals surface area contributed by atoms with Crippen molar-refractivity contribution in [3.63, 3.8) is 0 Å². The van der Waals surface area contributed by atoms with Crippen LogP contribution in [0.5, 0.6) is 0 Å². The maximum Gasteiger partial charge on any atom is 0.418 e. The number of para-hydroxylation sites is 1. The van der Waals surface area contributed by atoms with Gasteiger partial charge < -0.3 is 20.0 Å². The van der Waals surface area contributed by atoms with E-state index in [1.807, 2.05) is 27.7 Å². The van der Waals surface area contributed by atoms with Crippen LogP contribution in [-0.4, -0.2) is 34.9 Å². The molecule has 0 unspecified atom stereocenters. The van der Waals surface area contributed by atoms with E-state index in [1.54, 1.807) is 0 Å². The first-order valence-electron chi connectivity index (χ1n) is 9.92. The summed E-state index contributed by atoms with van der Waals surface area (Å²) in [6, 6.07) is 4.03. The van der Waals surface area contributed by atoms with Gasteiger partial charge in [-0.1, -0.05) is 39.8 Å². The SMILES string of the molecule is CC(C)CNC(=O)c1coc(CN(CC(C)C)C(=O)Nc2ccccc2C(F)(F)F)n1. The number of anilines is 1. The Labute approximate surface area is 179 Å². The summed E-state index contributed by atoms with van der Waals surface area (Å²) in [7, 11) is 0. The van der Waals surface area contributed by atoms with Crippen LogP contribution in [0.4, 0.5) is 23.7 Å². The van der Waals surface area contributed by atoms with Crippen molar-refractivity contribution in [1.82, 2.24) is 15.2 Å². The van der Waals surface area contributed by atoms with Crippen molar-refractivity contribution >= 4 is 17.6 Å². The predicted octanol–water partition coefficient (Wildman–Crippen LogP) is 4.77. The zero-order valence-electron chi connectivity index (χ0n) is 17.9. The number of urea groups is 1. The summed E-state index contributed by atoms with van der Waals surface area (Å²) in [5, 5.41) is 5.04. The molecule has 0 aliphatic rings. The highest BCUT2D eigenvalue weighted by Crippen LogP contribution is 2.34. The average Bonchev–Trinajstić information content (AvgIpc) is 3.13. The van der Waals surface area contributed by atoms with Gasteiger partial charge in [-0.25, -0.2) is 9.78 Å². The number of nitrogens with one attached hydrogen (secondary N) is 2. The zero-order valence-corrected chi connectivity index (χ0v) is 17.9. The molecule has 0 radical (unpaired) electrons. The molecule has 2 N–H and O–H groups in total. The Morgan fingerprint density at radius 3 is 2.42 bits per heavy atom. The van der Waals surface area contributed by atoms with Gasteiger partial charge in [-0.3, -0.25) is 4.79 Å². The molecule has 10 heteroatoms. The monoisotopic (exact) mass is 440 g/mol. The van der Waals surface area contributed by atoms with Crippen LogP contribution in [0.2, 0.25) is 0 Å². The number of nitrogens with zero attached hydrogens (tertiary/aromatic N) is 2. The number of halogens is 3. The second-order valence-corrected chi connectivity index (χ2v) is 7.98. The van der Waals surface area contributed by atoms with Crippen molar-refractivity contribution in [3.05, 3.63) is 47.7 Å². The molecule has 0 aliphatic carbocycles. The minimum Gasteiger partial charge on any atom is -0.446 e. The van der Waals surface area contributed by atoms with E-state index >= 15 is 0 Å². The molecule has 1 heterocycles. The smallest absolute Gasteiger partial charge is 0.418 e. The van der Waals surface area contributed by atoms with Crippen molar-refractivity contribution < 1.29 is 27.2 Å². The number of alkyl halides is 3. The molecule has 1 aromatic heterocycles. The highest BCUT2D eigenvalue weighted by molar-refractivity contribution is 5.92. The summed E-state index contributed by atoms with van der Waals surface area (Å²) in [5.41, 5.74) is -1.20. The average molecular weight is 440 g/mol. The van der Waals surface area contributed by atoms with E-state index in [2.05, 4.69) is 15.6 Å². The minimum atomic E-state index is -4.60. The molecule has 0 fully saturated rings. The maximum atomic E-state index is 13.2. The second-order valence-electron chi connectivity index (χ2n) is 7.98. The van der Waals surface area contributed by atoms with Crippen LogP contribution in [0, 0.1) is 11.8 Å². The molecule has 0 aliphatic heterocycles. The number of carbonyl (C=O) groups is 2. The number of hydrogen-bond acceptors (Lipinski definition) is 4. The molecule has 0 saturated carbocycles.